The quantitative estimate of drug-likeness (QED) is 0.714. The molecule has 2 aliphatic heterocycles. The number of hydrogen-bond acceptors (Lipinski definition) is 3. The summed E-state index contributed by atoms with van der Waals surface area (Å²) in [5.74, 6) is 0.450. The third kappa shape index (κ3) is 6.72. The Bertz CT molecular complexity index is 420. The van der Waals surface area contributed by atoms with Crippen LogP contribution in [-0.2, 0) is 0 Å². The lowest BCUT2D eigenvalue weighted by Gasteiger charge is -2.46. The number of hydrogen-bond donors (Lipinski definition) is 3. The standard InChI is InChI=1S/C12H23NO3.C6H11NO2/c1-10(2)9-12(6-8-14)5-3-4-7-13(12)11(15)16;8-6(9)7-4-2-1-3-5-7/h10,14H,3-9H2,1-2H3,(H,15,16);1-5H2,(H,8,9). The van der Waals surface area contributed by atoms with Crippen LogP contribution in [0.2, 0.25) is 0 Å². The zero-order valence-electron chi connectivity index (χ0n) is 15.6. The van der Waals surface area contributed by atoms with Gasteiger partial charge in [0.2, 0.25) is 0 Å². The molecule has 1 atom stereocenters. The van der Waals surface area contributed by atoms with Crippen molar-refractivity contribution in [3.05, 3.63) is 0 Å². The number of piperidine rings is 2. The summed E-state index contributed by atoms with van der Waals surface area (Å²) >= 11 is 0. The summed E-state index contributed by atoms with van der Waals surface area (Å²) in [7, 11) is 0. The third-order valence-electron chi connectivity index (χ3n) is 5.07. The van der Waals surface area contributed by atoms with Crippen molar-refractivity contribution in [1.82, 2.24) is 9.80 Å². The van der Waals surface area contributed by atoms with Crippen LogP contribution in [0, 0.1) is 5.92 Å². The molecule has 2 amide bonds. The minimum absolute atomic E-state index is 0.0660. The molecule has 0 bridgehead atoms. The van der Waals surface area contributed by atoms with Crippen LogP contribution in [0.25, 0.3) is 0 Å². The van der Waals surface area contributed by atoms with E-state index >= 15 is 0 Å². The van der Waals surface area contributed by atoms with Crippen LogP contribution in [0.5, 0.6) is 0 Å². The molecule has 1 unspecified atom stereocenters. The maximum atomic E-state index is 11.3. The van der Waals surface area contributed by atoms with Gasteiger partial charge in [-0.3, -0.25) is 0 Å². The largest absolute Gasteiger partial charge is 0.465 e. The van der Waals surface area contributed by atoms with Crippen molar-refractivity contribution in [2.75, 3.05) is 26.2 Å². The highest BCUT2D eigenvalue weighted by atomic mass is 16.4. The normalized spacial score (nSPS) is 23.8. The fourth-order valence-electron chi connectivity index (χ4n) is 4.02. The van der Waals surface area contributed by atoms with Crippen LogP contribution in [-0.4, -0.2) is 69.1 Å². The van der Waals surface area contributed by atoms with Gasteiger partial charge in [-0.15, -0.1) is 0 Å². The van der Waals surface area contributed by atoms with Crippen LogP contribution in [0.15, 0.2) is 0 Å². The average molecular weight is 358 g/mol. The highest BCUT2D eigenvalue weighted by Gasteiger charge is 2.41. The number of likely N-dealkylation sites (tertiary alicyclic amines) is 2. The van der Waals surface area contributed by atoms with Gasteiger partial charge in [-0.1, -0.05) is 13.8 Å². The van der Waals surface area contributed by atoms with Crippen LogP contribution < -0.4 is 0 Å². The van der Waals surface area contributed by atoms with E-state index in [9.17, 15) is 19.8 Å². The Labute approximate surface area is 150 Å². The summed E-state index contributed by atoms with van der Waals surface area (Å²) < 4.78 is 0. The Balaban J connectivity index is 0.000000293. The smallest absolute Gasteiger partial charge is 0.407 e. The van der Waals surface area contributed by atoms with E-state index in [4.69, 9.17) is 5.11 Å². The zero-order valence-corrected chi connectivity index (χ0v) is 15.6. The summed E-state index contributed by atoms with van der Waals surface area (Å²) in [6, 6.07) is 0. The number of amides is 2. The summed E-state index contributed by atoms with van der Waals surface area (Å²) in [6.07, 6.45) is 5.95. The SMILES string of the molecule is CC(C)CC1(CCO)CCCCN1C(=O)O.O=C(O)N1CCCCC1. The first-order valence-corrected chi connectivity index (χ1v) is 9.41. The van der Waals surface area contributed by atoms with E-state index in [2.05, 4.69) is 13.8 Å². The molecule has 2 saturated heterocycles. The topological polar surface area (TPSA) is 101 Å². The molecule has 2 aliphatic rings. The lowest BCUT2D eigenvalue weighted by molar-refractivity contribution is 0.0174. The summed E-state index contributed by atoms with van der Waals surface area (Å²) in [6.45, 7) is 6.35. The number of nitrogens with zero attached hydrogens (tertiary/aromatic N) is 2. The number of aliphatic hydroxyl groups excluding tert-OH is 1. The fraction of sp³-hybridized carbons (Fsp3) is 0.889. The second kappa shape index (κ2) is 10.5. The molecule has 2 rings (SSSR count). The second-order valence-corrected chi connectivity index (χ2v) is 7.52. The Hall–Kier alpha value is -1.50. The monoisotopic (exact) mass is 358 g/mol. The first-order chi connectivity index (χ1) is 11.8. The van der Waals surface area contributed by atoms with Crippen LogP contribution in [0.4, 0.5) is 9.59 Å². The first-order valence-electron chi connectivity index (χ1n) is 9.41. The molecule has 0 aromatic carbocycles. The number of carbonyl (C=O) groups is 2. The van der Waals surface area contributed by atoms with Gasteiger partial charge >= 0.3 is 12.2 Å². The van der Waals surface area contributed by atoms with Crippen molar-refractivity contribution >= 4 is 12.2 Å². The second-order valence-electron chi connectivity index (χ2n) is 7.52. The van der Waals surface area contributed by atoms with Gasteiger partial charge in [-0.25, -0.2) is 9.59 Å². The minimum Gasteiger partial charge on any atom is -0.465 e. The molecule has 0 radical (unpaired) electrons. The van der Waals surface area contributed by atoms with E-state index in [1.54, 1.807) is 4.90 Å². The molecule has 0 aromatic heterocycles. The predicted molar refractivity (Wildman–Crippen MR) is 95.9 cm³/mol. The maximum Gasteiger partial charge on any atom is 0.407 e. The molecule has 0 aromatic rings. The molecule has 25 heavy (non-hydrogen) atoms. The highest BCUT2D eigenvalue weighted by molar-refractivity contribution is 5.66. The van der Waals surface area contributed by atoms with E-state index in [0.717, 1.165) is 51.6 Å². The van der Waals surface area contributed by atoms with Gasteiger partial charge in [0.05, 0.1) is 0 Å². The molecule has 2 heterocycles. The third-order valence-corrected chi connectivity index (χ3v) is 5.07. The molecule has 2 fully saturated rings. The lowest BCUT2D eigenvalue weighted by atomic mass is 9.78. The van der Waals surface area contributed by atoms with Gasteiger partial charge in [0.1, 0.15) is 0 Å². The van der Waals surface area contributed by atoms with Crippen molar-refractivity contribution in [2.24, 2.45) is 5.92 Å². The molecule has 146 valence electrons. The van der Waals surface area contributed by atoms with Gasteiger partial charge in [-0.05, 0) is 57.3 Å². The molecule has 7 nitrogen and oxygen atoms in total. The average Bonchev–Trinajstić information content (AvgIpc) is 2.56. The van der Waals surface area contributed by atoms with Crippen molar-refractivity contribution < 1.29 is 24.9 Å². The van der Waals surface area contributed by atoms with Gasteiger partial charge in [-0.2, -0.15) is 0 Å². The van der Waals surface area contributed by atoms with Gasteiger partial charge in [0.25, 0.3) is 0 Å². The summed E-state index contributed by atoms with van der Waals surface area (Å²) in [4.78, 5) is 24.6. The molecule has 7 heteroatoms. The van der Waals surface area contributed by atoms with Crippen molar-refractivity contribution in [2.45, 2.75) is 70.8 Å². The fourth-order valence-corrected chi connectivity index (χ4v) is 4.02. The number of carboxylic acid groups (broad SMARTS) is 2. The summed E-state index contributed by atoms with van der Waals surface area (Å²) in [5, 5.41) is 26.9. The number of rotatable bonds is 4. The van der Waals surface area contributed by atoms with E-state index in [0.29, 0.717) is 18.9 Å². The van der Waals surface area contributed by atoms with E-state index in [1.165, 1.54) is 11.3 Å². The summed E-state index contributed by atoms with van der Waals surface area (Å²) in [5.41, 5.74) is -0.326. The van der Waals surface area contributed by atoms with Crippen LogP contribution >= 0.6 is 0 Å². The molecule has 0 aliphatic carbocycles. The first kappa shape index (κ1) is 21.5. The molecule has 3 N–H and O–H groups in total. The molecule has 0 saturated carbocycles. The van der Waals surface area contributed by atoms with Gasteiger partial charge in [0, 0.05) is 31.8 Å². The van der Waals surface area contributed by atoms with Gasteiger partial charge < -0.3 is 25.1 Å². The highest BCUT2D eigenvalue weighted by Crippen LogP contribution is 2.36. The zero-order chi connectivity index (χ0) is 18.9. The Morgan fingerprint density at radius 1 is 0.960 bits per heavy atom. The lowest BCUT2D eigenvalue weighted by Crippen LogP contribution is -2.55. The predicted octanol–water partition coefficient (Wildman–Crippen LogP) is 3.47. The molecule has 0 spiro atoms. The Kier molecular flexibility index (Phi) is 9.03. The Morgan fingerprint density at radius 3 is 2.00 bits per heavy atom. The van der Waals surface area contributed by atoms with Gasteiger partial charge in [0.15, 0.2) is 0 Å². The Morgan fingerprint density at radius 2 is 1.56 bits per heavy atom. The maximum absolute atomic E-state index is 11.3. The van der Waals surface area contributed by atoms with Crippen molar-refractivity contribution in [3.8, 4) is 0 Å². The molecular formula is C18H34N2O5. The van der Waals surface area contributed by atoms with Crippen molar-refractivity contribution in [3.63, 3.8) is 0 Å². The van der Waals surface area contributed by atoms with Crippen LogP contribution in [0.3, 0.4) is 0 Å². The molecular weight excluding hydrogens is 324 g/mol. The minimum atomic E-state index is -0.839. The van der Waals surface area contributed by atoms with Crippen molar-refractivity contribution in [1.29, 1.82) is 0 Å². The van der Waals surface area contributed by atoms with E-state index < -0.39 is 12.2 Å². The number of aliphatic hydroxyl groups is 1. The van der Waals surface area contributed by atoms with E-state index in [1.807, 2.05) is 0 Å². The van der Waals surface area contributed by atoms with E-state index in [-0.39, 0.29) is 12.1 Å². The van der Waals surface area contributed by atoms with Crippen LogP contribution in [0.1, 0.15) is 65.2 Å².